The fraction of sp³-hybridized carbons (Fsp3) is 0. The maximum atomic E-state index is 13.1. The Bertz CT molecular complexity index is 1140. The van der Waals surface area contributed by atoms with E-state index in [1.54, 1.807) is 30.3 Å². The van der Waals surface area contributed by atoms with Crippen LogP contribution in [-0.2, 0) is 0 Å². The second-order valence-corrected chi connectivity index (χ2v) is 6.63. The molecule has 3 aromatic carbocycles. The van der Waals surface area contributed by atoms with E-state index in [-0.39, 0.29) is 5.78 Å². The molecule has 0 amide bonds. The second kappa shape index (κ2) is 8.54. The van der Waals surface area contributed by atoms with E-state index in [4.69, 9.17) is 16.3 Å². The van der Waals surface area contributed by atoms with Crippen LogP contribution in [0.4, 0.5) is 0 Å². The van der Waals surface area contributed by atoms with Crippen LogP contribution in [0.5, 0.6) is 11.5 Å². The molecule has 29 heavy (non-hydrogen) atoms. The standard InChI is InChI=1S/C23H16ClN3O2/c24-19-11-9-18(10-12-19)23(28)22(27-16-25-15-26-27)14-17-5-4-8-21(13-17)29-20-6-2-1-3-7-20/h1-16H/b22-14+. The third kappa shape index (κ3) is 4.59. The highest BCUT2D eigenvalue weighted by atomic mass is 35.5. The van der Waals surface area contributed by atoms with Crippen molar-refractivity contribution >= 4 is 29.2 Å². The van der Waals surface area contributed by atoms with E-state index >= 15 is 0 Å². The molecule has 0 spiro atoms. The van der Waals surface area contributed by atoms with Crippen molar-refractivity contribution in [3.05, 3.63) is 108 Å². The molecule has 0 fully saturated rings. The molecule has 1 heterocycles. The molecular formula is C23H16ClN3O2. The van der Waals surface area contributed by atoms with E-state index in [0.717, 1.165) is 11.3 Å². The molecule has 0 N–H and O–H groups in total. The number of hydrogen-bond donors (Lipinski definition) is 0. The van der Waals surface area contributed by atoms with E-state index in [9.17, 15) is 4.79 Å². The summed E-state index contributed by atoms with van der Waals surface area (Å²) >= 11 is 5.94. The molecule has 4 aromatic rings. The van der Waals surface area contributed by atoms with Gasteiger partial charge in [0.2, 0.25) is 5.78 Å². The van der Waals surface area contributed by atoms with Crippen LogP contribution < -0.4 is 4.74 Å². The number of ether oxygens (including phenoxy) is 1. The summed E-state index contributed by atoms with van der Waals surface area (Å²) in [6.45, 7) is 0. The molecule has 0 saturated heterocycles. The number of halogens is 1. The Kier molecular flexibility index (Phi) is 5.49. The predicted molar refractivity (Wildman–Crippen MR) is 113 cm³/mol. The highest BCUT2D eigenvalue weighted by Crippen LogP contribution is 2.24. The zero-order chi connectivity index (χ0) is 20.1. The lowest BCUT2D eigenvalue weighted by atomic mass is 10.1. The molecule has 0 unspecified atom stereocenters. The zero-order valence-electron chi connectivity index (χ0n) is 15.3. The zero-order valence-corrected chi connectivity index (χ0v) is 16.0. The topological polar surface area (TPSA) is 57.0 Å². The first-order chi connectivity index (χ1) is 14.2. The molecule has 4 rings (SSSR count). The first-order valence-electron chi connectivity index (χ1n) is 8.89. The van der Waals surface area contributed by atoms with Crippen molar-refractivity contribution in [2.75, 3.05) is 0 Å². The van der Waals surface area contributed by atoms with E-state index in [1.807, 2.05) is 54.6 Å². The molecule has 0 aliphatic heterocycles. The Balaban J connectivity index is 1.69. The number of aromatic nitrogens is 3. The number of para-hydroxylation sites is 1. The molecule has 0 atom stereocenters. The van der Waals surface area contributed by atoms with Crippen LogP contribution in [0.1, 0.15) is 15.9 Å². The number of ketones is 1. The van der Waals surface area contributed by atoms with E-state index in [1.165, 1.54) is 17.3 Å². The first kappa shape index (κ1) is 18.7. The molecular weight excluding hydrogens is 386 g/mol. The lowest BCUT2D eigenvalue weighted by Gasteiger charge is -2.09. The van der Waals surface area contributed by atoms with Gasteiger partial charge in [0.05, 0.1) is 0 Å². The quantitative estimate of drug-likeness (QED) is 0.311. The average molecular weight is 402 g/mol. The van der Waals surface area contributed by atoms with Crippen molar-refractivity contribution in [1.29, 1.82) is 0 Å². The maximum absolute atomic E-state index is 13.1. The van der Waals surface area contributed by atoms with Crippen LogP contribution in [-0.4, -0.2) is 20.5 Å². The summed E-state index contributed by atoms with van der Waals surface area (Å²) < 4.78 is 7.33. The number of carbonyl (C=O) groups is 1. The number of nitrogens with zero attached hydrogens (tertiary/aromatic N) is 3. The lowest BCUT2D eigenvalue weighted by molar-refractivity contribution is 0.105. The van der Waals surface area contributed by atoms with Crippen LogP contribution in [0.2, 0.25) is 5.02 Å². The minimum absolute atomic E-state index is 0.193. The third-order valence-electron chi connectivity index (χ3n) is 4.15. The van der Waals surface area contributed by atoms with Gasteiger partial charge in [-0.25, -0.2) is 9.67 Å². The Morgan fingerprint density at radius 2 is 1.69 bits per heavy atom. The number of benzene rings is 3. The largest absolute Gasteiger partial charge is 0.457 e. The van der Waals surface area contributed by atoms with Crippen LogP contribution in [0.25, 0.3) is 11.8 Å². The van der Waals surface area contributed by atoms with Crippen LogP contribution in [0.3, 0.4) is 0 Å². The highest BCUT2D eigenvalue weighted by Gasteiger charge is 2.15. The van der Waals surface area contributed by atoms with Gasteiger partial charge >= 0.3 is 0 Å². The van der Waals surface area contributed by atoms with Crippen LogP contribution >= 0.6 is 11.6 Å². The Morgan fingerprint density at radius 1 is 0.931 bits per heavy atom. The van der Waals surface area contributed by atoms with E-state index in [0.29, 0.717) is 22.0 Å². The van der Waals surface area contributed by atoms with E-state index in [2.05, 4.69) is 10.1 Å². The van der Waals surface area contributed by atoms with Crippen molar-refractivity contribution in [3.63, 3.8) is 0 Å². The van der Waals surface area contributed by atoms with Gasteiger partial charge in [-0.2, -0.15) is 5.10 Å². The number of Topliss-reactive ketones (excluding diaryl/α,β-unsaturated/α-hetero) is 1. The first-order valence-corrected chi connectivity index (χ1v) is 9.27. The summed E-state index contributed by atoms with van der Waals surface area (Å²) in [7, 11) is 0. The van der Waals surface area contributed by atoms with Crippen molar-refractivity contribution in [1.82, 2.24) is 14.8 Å². The molecule has 0 aliphatic carbocycles. The molecule has 0 bridgehead atoms. The summed E-state index contributed by atoms with van der Waals surface area (Å²) in [5, 5.41) is 4.69. The molecule has 5 nitrogen and oxygen atoms in total. The predicted octanol–water partition coefficient (Wildman–Crippen LogP) is 5.60. The SMILES string of the molecule is O=C(/C(=C\c1cccc(Oc2ccccc2)c1)n1cncn1)c1ccc(Cl)cc1. The molecule has 142 valence electrons. The molecule has 0 saturated carbocycles. The number of carbonyl (C=O) groups excluding carboxylic acids is 1. The van der Waals surface area contributed by atoms with Crippen molar-refractivity contribution in [2.24, 2.45) is 0 Å². The Hall–Kier alpha value is -3.70. The normalized spacial score (nSPS) is 11.3. The smallest absolute Gasteiger partial charge is 0.211 e. The summed E-state index contributed by atoms with van der Waals surface area (Å²) in [6.07, 6.45) is 4.63. The highest BCUT2D eigenvalue weighted by molar-refractivity contribution is 6.31. The minimum atomic E-state index is -0.193. The van der Waals surface area contributed by atoms with Gasteiger partial charge in [-0.1, -0.05) is 41.9 Å². The number of rotatable bonds is 6. The van der Waals surface area contributed by atoms with Crippen molar-refractivity contribution in [3.8, 4) is 11.5 Å². The van der Waals surface area contributed by atoms with Gasteiger partial charge in [0, 0.05) is 10.6 Å². The Morgan fingerprint density at radius 3 is 2.41 bits per heavy atom. The van der Waals surface area contributed by atoms with Gasteiger partial charge in [0.15, 0.2) is 0 Å². The average Bonchev–Trinajstić information content (AvgIpc) is 3.28. The minimum Gasteiger partial charge on any atom is -0.457 e. The fourth-order valence-corrected chi connectivity index (χ4v) is 2.89. The molecule has 0 radical (unpaired) electrons. The van der Waals surface area contributed by atoms with Crippen LogP contribution in [0.15, 0.2) is 91.5 Å². The summed E-state index contributed by atoms with van der Waals surface area (Å²) in [6, 6.07) is 23.7. The lowest BCUT2D eigenvalue weighted by Crippen LogP contribution is -2.10. The van der Waals surface area contributed by atoms with Crippen molar-refractivity contribution < 1.29 is 9.53 Å². The molecule has 0 aliphatic rings. The molecule has 1 aromatic heterocycles. The number of allylic oxidation sites excluding steroid dienone is 1. The van der Waals surface area contributed by atoms with Gasteiger partial charge in [-0.05, 0) is 60.2 Å². The van der Waals surface area contributed by atoms with Crippen molar-refractivity contribution in [2.45, 2.75) is 0 Å². The van der Waals surface area contributed by atoms with Gasteiger partial charge < -0.3 is 4.74 Å². The second-order valence-electron chi connectivity index (χ2n) is 6.19. The molecule has 6 heteroatoms. The Labute approximate surface area is 172 Å². The monoisotopic (exact) mass is 401 g/mol. The third-order valence-corrected chi connectivity index (χ3v) is 4.40. The van der Waals surface area contributed by atoms with Gasteiger partial charge in [-0.15, -0.1) is 0 Å². The fourth-order valence-electron chi connectivity index (χ4n) is 2.77. The van der Waals surface area contributed by atoms with Crippen LogP contribution in [0, 0.1) is 0 Å². The summed E-state index contributed by atoms with van der Waals surface area (Å²) in [5.41, 5.74) is 1.67. The maximum Gasteiger partial charge on any atom is 0.211 e. The van der Waals surface area contributed by atoms with E-state index < -0.39 is 0 Å². The summed E-state index contributed by atoms with van der Waals surface area (Å²) in [5.74, 6) is 1.21. The van der Waals surface area contributed by atoms with Gasteiger partial charge in [0.25, 0.3) is 0 Å². The van der Waals surface area contributed by atoms with Gasteiger partial charge in [-0.3, -0.25) is 4.79 Å². The number of hydrogen-bond acceptors (Lipinski definition) is 4. The van der Waals surface area contributed by atoms with Gasteiger partial charge in [0.1, 0.15) is 29.9 Å². The summed E-state index contributed by atoms with van der Waals surface area (Å²) in [4.78, 5) is 17.1.